The fraction of sp³-hybridized carbons (Fsp3) is 0.455. The molecule has 94 valence electrons. The zero-order valence-electron chi connectivity index (χ0n) is 9.82. The summed E-state index contributed by atoms with van der Waals surface area (Å²) < 4.78 is 5.99. The van der Waals surface area contributed by atoms with Gasteiger partial charge in [-0.3, -0.25) is 0 Å². The Bertz CT molecular complexity index is 411. The number of amides is 1. The standard InChI is InChI=1S/C11H14BrNO3S/c1-11(2,3)16-10(15)13-7(6-14)8-4-5-9(12)17-8/h4-7H,1-3H3,(H,13,15). The lowest BCUT2D eigenvalue weighted by molar-refractivity contribution is -0.109. The smallest absolute Gasteiger partial charge is 0.408 e. The van der Waals surface area contributed by atoms with Crippen molar-refractivity contribution in [2.24, 2.45) is 0 Å². The topological polar surface area (TPSA) is 55.4 Å². The molecule has 0 bridgehead atoms. The normalized spacial score (nSPS) is 12.9. The highest BCUT2D eigenvalue weighted by Gasteiger charge is 2.20. The first kappa shape index (κ1) is 14.2. The zero-order valence-corrected chi connectivity index (χ0v) is 12.2. The van der Waals surface area contributed by atoms with Crippen LogP contribution in [0.3, 0.4) is 0 Å². The molecular formula is C11H14BrNO3S. The molecule has 0 aliphatic rings. The van der Waals surface area contributed by atoms with Gasteiger partial charge in [-0.05, 0) is 48.8 Å². The third-order valence-corrected chi connectivity index (χ3v) is 3.42. The fourth-order valence-corrected chi connectivity index (χ4v) is 2.53. The molecule has 0 spiro atoms. The van der Waals surface area contributed by atoms with Crippen LogP contribution in [0.4, 0.5) is 4.79 Å². The van der Waals surface area contributed by atoms with Crippen LogP contribution >= 0.6 is 27.3 Å². The van der Waals surface area contributed by atoms with E-state index in [0.717, 1.165) is 8.66 Å². The maximum absolute atomic E-state index is 11.5. The quantitative estimate of drug-likeness (QED) is 0.870. The van der Waals surface area contributed by atoms with Gasteiger partial charge in [0.1, 0.15) is 17.9 Å². The van der Waals surface area contributed by atoms with Crippen LogP contribution in [-0.4, -0.2) is 18.0 Å². The van der Waals surface area contributed by atoms with E-state index in [2.05, 4.69) is 21.2 Å². The molecular weight excluding hydrogens is 306 g/mol. The van der Waals surface area contributed by atoms with E-state index < -0.39 is 17.7 Å². The minimum atomic E-state index is -0.666. The second-order valence-corrected chi connectivity index (χ2v) is 6.90. The molecule has 1 aromatic heterocycles. The Kier molecular flexibility index (Phi) is 4.70. The number of halogens is 1. The lowest BCUT2D eigenvalue weighted by atomic mass is 10.2. The molecule has 0 aromatic carbocycles. The van der Waals surface area contributed by atoms with E-state index in [9.17, 15) is 9.59 Å². The van der Waals surface area contributed by atoms with Crippen LogP contribution in [0.2, 0.25) is 0 Å². The van der Waals surface area contributed by atoms with Gasteiger partial charge in [-0.1, -0.05) is 0 Å². The Balaban J connectivity index is 2.65. The summed E-state index contributed by atoms with van der Waals surface area (Å²) in [7, 11) is 0. The van der Waals surface area contributed by atoms with Gasteiger partial charge in [-0.25, -0.2) is 4.79 Å². The van der Waals surface area contributed by atoms with E-state index in [1.807, 2.05) is 6.07 Å². The summed E-state index contributed by atoms with van der Waals surface area (Å²) in [6.07, 6.45) is 0.0847. The van der Waals surface area contributed by atoms with Crippen molar-refractivity contribution in [1.29, 1.82) is 0 Å². The van der Waals surface area contributed by atoms with Crippen LogP contribution in [0.1, 0.15) is 31.7 Å². The highest BCUT2D eigenvalue weighted by Crippen LogP contribution is 2.26. The molecule has 1 atom stereocenters. The van der Waals surface area contributed by atoms with E-state index in [1.165, 1.54) is 11.3 Å². The molecule has 1 N–H and O–H groups in total. The third kappa shape index (κ3) is 4.87. The fourth-order valence-electron chi connectivity index (χ4n) is 1.10. The number of thiophene rings is 1. The Morgan fingerprint density at radius 1 is 1.53 bits per heavy atom. The lowest BCUT2D eigenvalue weighted by Crippen LogP contribution is -2.35. The van der Waals surface area contributed by atoms with Gasteiger partial charge in [0.25, 0.3) is 0 Å². The Morgan fingerprint density at radius 3 is 2.59 bits per heavy atom. The summed E-state index contributed by atoms with van der Waals surface area (Å²) in [4.78, 5) is 23.2. The van der Waals surface area contributed by atoms with Crippen molar-refractivity contribution >= 4 is 39.6 Å². The van der Waals surface area contributed by atoms with Crippen molar-refractivity contribution < 1.29 is 14.3 Å². The van der Waals surface area contributed by atoms with Crippen molar-refractivity contribution in [2.75, 3.05) is 0 Å². The Hall–Kier alpha value is -0.880. The largest absolute Gasteiger partial charge is 0.444 e. The average Bonchev–Trinajstić information content (AvgIpc) is 2.58. The van der Waals surface area contributed by atoms with Gasteiger partial charge in [-0.2, -0.15) is 0 Å². The van der Waals surface area contributed by atoms with Crippen molar-refractivity contribution in [1.82, 2.24) is 5.32 Å². The van der Waals surface area contributed by atoms with Crippen LogP contribution in [0.15, 0.2) is 15.9 Å². The van der Waals surface area contributed by atoms with Crippen LogP contribution in [0, 0.1) is 0 Å². The molecule has 0 aliphatic heterocycles. The summed E-state index contributed by atoms with van der Waals surface area (Å²) >= 11 is 4.70. The molecule has 0 saturated heterocycles. The first-order valence-corrected chi connectivity index (χ1v) is 6.63. The number of nitrogens with one attached hydrogen (secondary N) is 1. The molecule has 0 radical (unpaired) electrons. The summed E-state index contributed by atoms with van der Waals surface area (Å²) in [5, 5.41) is 2.51. The van der Waals surface area contributed by atoms with Gasteiger partial charge in [0.2, 0.25) is 0 Å². The summed E-state index contributed by atoms with van der Waals surface area (Å²) in [6, 6.07) is 2.94. The minimum absolute atomic E-state index is 0.576. The highest BCUT2D eigenvalue weighted by molar-refractivity contribution is 9.11. The highest BCUT2D eigenvalue weighted by atomic mass is 79.9. The summed E-state index contributed by atoms with van der Waals surface area (Å²) in [5.74, 6) is 0. The first-order valence-electron chi connectivity index (χ1n) is 5.02. The average molecular weight is 320 g/mol. The van der Waals surface area contributed by atoms with Gasteiger partial charge in [0.05, 0.1) is 3.79 Å². The number of alkyl carbamates (subject to hydrolysis) is 1. The Morgan fingerprint density at radius 2 is 2.18 bits per heavy atom. The number of carbonyl (C=O) groups excluding carboxylic acids is 2. The zero-order chi connectivity index (χ0) is 13.1. The summed E-state index contributed by atoms with van der Waals surface area (Å²) in [5.41, 5.74) is -0.576. The molecule has 1 amide bonds. The molecule has 1 aromatic rings. The molecule has 17 heavy (non-hydrogen) atoms. The van der Waals surface area contributed by atoms with Gasteiger partial charge in [0.15, 0.2) is 0 Å². The predicted molar refractivity (Wildman–Crippen MR) is 70.2 cm³/mol. The van der Waals surface area contributed by atoms with Crippen molar-refractivity contribution in [3.8, 4) is 0 Å². The van der Waals surface area contributed by atoms with E-state index >= 15 is 0 Å². The minimum Gasteiger partial charge on any atom is -0.444 e. The van der Waals surface area contributed by atoms with Crippen molar-refractivity contribution in [2.45, 2.75) is 32.4 Å². The maximum atomic E-state index is 11.5. The molecule has 6 heteroatoms. The van der Waals surface area contributed by atoms with E-state index in [-0.39, 0.29) is 0 Å². The molecule has 1 heterocycles. The van der Waals surface area contributed by atoms with Crippen molar-refractivity contribution in [3.05, 3.63) is 20.8 Å². The first-order chi connectivity index (χ1) is 7.81. The second kappa shape index (κ2) is 5.64. The van der Waals surface area contributed by atoms with E-state index in [1.54, 1.807) is 26.8 Å². The maximum Gasteiger partial charge on any atom is 0.408 e. The van der Waals surface area contributed by atoms with Crippen molar-refractivity contribution in [3.63, 3.8) is 0 Å². The number of hydrogen-bond acceptors (Lipinski definition) is 4. The lowest BCUT2D eigenvalue weighted by Gasteiger charge is -2.21. The second-order valence-electron chi connectivity index (χ2n) is 4.40. The van der Waals surface area contributed by atoms with Gasteiger partial charge >= 0.3 is 6.09 Å². The molecule has 1 rings (SSSR count). The molecule has 4 nitrogen and oxygen atoms in total. The van der Waals surface area contributed by atoms with E-state index in [0.29, 0.717) is 6.29 Å². The molecule has 0 saturated carbocycles. The molecule has 0 aliphatic carbocycles. The SMILES string of the molecule is CC(C)(C)OC(=O)NC(C=O)c1ccc(Br)s1. The predicted octanol–water partition coefficient (Wildman–Crippen LogP) is 3.28. The van der Waals surface area contributed by atoms with E-state index in [4.69, 9.17) is 4.74 Å². The number of aldehydes is 1. The van der Waals surface area contributed by atoms with Crippen LogP contribution in [0.5, 0.6) is 0 Å². The molecule has 1 unspecified atom stereocenters. The Labute approximate surface area is 112 Å². The number of ether oxygens (including phenoxy) is 1. The van der Waals surface area contributed by atoms with Crippen LogP contribution in [-0.2, 0) is 9.53 Å². The number of rotatable bonds is 3. The van der Waals surface area contributed by atoms with Crippen LogP contribution < -0.4 is 5.32 Å². The monoisotopic (exact) mass is 319 g/mol. The summed E-state index contributed by atoms with van der Waals surface area (Å²) in [6.45, 7) is 5.30. The number of hydrogen-bond donors (Lipinski definition) is 1. The van der Waals surface area contributed by atoms with Gasteiger partial charge in [0, 0.05) is 4.88 Å². The van der Waals surface area contributed by atoms with Crippen LogP contribution in [0.25, 0.3) is 0 Å². The number of carbonyl (C=O) groups is 2. The van der Waals surface area contributed by atoms with Gasteiger partial charge in [-0.15, -0.1) is 11.3 Å². The third-order valence-electron chi connectivity index (χ3n) is 1.71. The molecule has 0 fully saturated rings. The van der Waals surface area contributed by atoms with Gasteiger partial charge < -0.3 is 14.8 Å².